The standard InChI is InChI=1S/C14H18BrNO2/c1-16(10-11-2-4-13(15)5-3-11)14(17)12-6-8-18-9-7-12/h2-5,12H,6-10H2,1H3. The lowest BCUT2D eigenvalue weighted by Crippen LogP contribution is -2.35. The molecule has 18 heavy (non-hydrogen) atoms. The highest BCUT2D eigenvalue weighted by molar-refractivity contribution is 9.10. The van der Waals surface area contributed by atoms with Gasteiger partial charge >= 0.3 is 0 Å². The molecule has 1 fully saturated rings. The van der Waals surface area contributed by atoms with Crippen LogP contribution in [0.2, 0.25) is 0 Å². The summed E-state index contributed by atoms with van der Waals surface area (Å²) in [7, 11) is 1.87. The van der Waals surface area contributed by atoms with Crippen LogP contribution in [0.25, 0.3) is 0 Å². The van der Waals surface area contributed by atoms with Gasteiger partial charge in [0.15, 0.2) is 0 Å². The Bertz CT molecular complexity index is 399. The number of nitrogens with zero attached hydrogens (tertiary/aromatic N) is 1. The van der Waals surface area contributed by atoms with E-state index in [-0.39, 0.29) is 11.8 Å². The van der Waals surface area contributed by atoms with Gasteiger partial charge in [-0.05, 0) is 30.5 Å². The van der Waals surface area contributed by atoms with Crippen LogP contribution in [0.4, 0.5) is 0 Å². The maximum Gasteiger partial charge on any atom is 0.225 e. The molecule has 0 radical (unpaired) electrons. The molecule has 4 heteroatoms. The molecule has 0 N–H and O–H groups in total. The molecular weight excluding hydrogens is 294 g/mol. The van der Waals surface area contributed by atoms with Crippen LogP contribution >= 0.6 is 15.9 Å². The number of hydrogen-bond acceptors (Lipinski definition) is 2. The van der Waals surface area contributed by atoms with Gasteiger partial charge in [-0.1, -0.05) is 28.1 Å². The molecule has 0 saturated carbocycles. The van der Waals surface area contributed by atoms with E-state index in [4.69, 9.17) is 4.74 Å². The summed E-state index contributed by atoms with van der Waals surface area (Å²) in [5, 5.41) is 0. The first kappa shape index (κ1) is 13.6. The first-order valence-electron chi connectivity index (χ1n) is 6.24. The van der Waals surface area contributed by atoms with E-state index in [1.54, 1.807) is 0 Å². The van der Waals surface area contributed by atoms with E-state index in [9.17, 15) is 4.79 Å². The fourth-order valence-corrected chi connectivity index (χ4v) is 2.46. The van der Waals surface area contributed by atoms with E-state index >= 15 is 0 Å². The van der Waals surface area contributed by atoms with Crippen LogP contribution in [-0.2, 0) is 16.1 Å². The Morgan fingerprint density at radius 2 is 1.94 bits per heavy atom. The van der Waals surface area contributed by atoms with Crippen LogP contribution in [0.5, 0.6) is 0 Å². The number of ether oxygens (including phenoxy) is 1. The van der Waals surface area contributed by atoms with Gasteiger partial charge in [-0.15, -0.1) is 0 Å². The Labute approximate surface area is 116 Å². The quantitative estimate of drug-likeness (QED) is 0.859. The number of halogens is 1. The molecule has 0 atom stereocenters. The highest BCUT2D eigenvalue weighted by Crippen LogP contribution is 2.18. The average molecular weight is 312 g/mol. The second kappa shape index (κ2) is 6.34. The third-order valence-corrected chi connectivity index (χ3v) is 3.81. The molecule has 1 heterocycles. The molecule has 98 valence electrons. The third-order valence-electron chi connectivity index (χ3n) is 3.28. The van der Waals surface area contributed by atoms with Crippen LogP contribution in [-0.4, -0.2) is 31.1 Å². The summed E-state index contributed by atoms with van der Waals surface area (Å²) in [6.07, 6.45) is 1.70. The Balaban J connectivity index is 1.92. The van der Waals surface area contributed by atoms with Crippen molar-refractivity contribution >= 4 is 21.8 Å². The summed E-state index contributed by atoms with van der Waals surface area (Å²) in [6, 6.07) is 8.08. The number of benzene rings is 1. The normalized spacial score (nSPS) is 16.6. The third kappa shape index (κ3) is 3.56. The molecule has 1 saturated heterocycles. The SMILES string of the molecule is CN(Cc1ccc(Br)cc1)C(=O)C1CCOCC1. The molecule has 1 aliphatic heterocycles. The largest absolute Gasteiger partial charge is 0.381 e. The second-order valence-electron chi connectivity index (χ2n) is 4.71. The summed E-state index contributed by atoms with van der Waals surface area (Å²) >= 11 is 3.41. The second-order valence-corrected chi connectivity index (χ2v) is 5.62. The van der Waals surface area contributed by atoms with Crippen LogP contribution in [0, 0.1) is 5.92 Å². The number of carbonyl (C=O) groups excluding carboxylic acids is 1. The van der Waals surface area contributed by atoms with Gasteiger partial charge in [0.2, 0.25) is 5.91 Å². The molecule has 1 aliphatic rings. The van der Waals surface area contributed by atoms with Crippen LogP contribution in [0.1, 0.15) is 18.4 Å². The highest BCUT2D eigenvalue weighted by atomic mass is 79.9. The van der Waals surface area contributed by atoms with E-state index in [1.165, 1.54) is 0 Å². The van der Waals surface area contributed by atoms with E-state index in [0.29, 0.717) is 19.8 Å². The Morgan fingerprint density at radius 3 is 2.56 bits per heavy atom. The molecular formula is C14H18BrNO2. The smallest absolute Gasteiger partial charge is 0.225 e. The van der Waals surface area contributed by atoms with Gasteiger partial charge in [-0.25, -0.2) is 0 Å². The molecule has 0 bridgehead atoms. The van der Waals surface area contributed by atoms with Crippen LogP contribution in [0.3, 0.4) is 0 Å². The van der Waals surface area contributed by atoms with Gasteiger partial charge < -0.3 is 9.64 Å². The molecule has 0 spiro atoms. The zero-order valence-corrected chi connectivity index (χ0v) is 12.1. The van der Waals surface area contributed by atoms with Crippen molar-refractivity contribution in [2.75, 3.05) is 20.3 Å². The molecule has 0 aromatic heterocycles. The topological polar surface area (TPSA) is 29.5 Å². The van der Waals surface area contributed by atoms with Crippen LogP contribution < -0.4 is 0 Å². The first-order valence-corrected chi connectivity index (χ1v) is 7.03. The fourth-order valence-electron chi connectivity index (χ4n) is 2.20. The van der Waals surface area contributed by atoms with E-state index in [1.807, 2.05) is 36.2 Å². The van der Waals surface area contributed by atoms with E-state index < -0.39 is 0 Å². The van der Waals surface area contributed by atoms with Gasteiger partial charge in [0.25, 0.3) is 0 Å². The number of hydrogen-bond donors (Lipinski definition) is 0. The molecule has 1 amide bonds. The molecule has 1 aromatic rings. The lowest BCUT2D eigenvalue weighted by atomic mass is 9.98. The van der Waals surface area contributed by atoms with Crippen molar-refractivity contribution in [1.82, 2.24) is 4.90 Å². The van der Waals surface area contributed by atoms with Crippen molar-refractivity contribution in [3.05, 3.63) is 34.3 Å². The van der Waals surface area contributed by atoms with Crippen molar-refractivity contribution in [3.8, 4) is 0 Å². The zero-order valence-electron chi connectivity index (χ0n) is 10.6. The van der Waals surface area contributed by atoms with Crippen molar-refractivity contribution in [2.24, 2.45) is 5.92 Å². The number of carbonyl (C=O) groups is 1. The minimum atomic E-state index is 0.138. The maximum absolute atomic E-state index is 12.2. The fraction of sp³-hybridized carbons (Fsp3) is 0.500. The molecule has 0 unspecified atom stereocenters. The van der Waals surface area contributed by atoms with Gasteiger partial charge in [-0.2, -0.15) is 0 Å². The average Bonchev–Trinajstić information content (AvgIpc) is 2.41. The van der Waals surface area contributed by atoms with E-state index in [2.05, 4.69) is 15.9 Å². The molecule has 2 rings (SSSR count). The molecule has 0 aliphatic carbocycles. The van der Waals surface area contributed by atoms with Gasteiger partial charge in [0.05, 0.1) is 0 Å². The minimum absolute atomic E-state index is 0.138. The maximum atomic E-state index is 12.2. The van der Waals surface area contributed by atoms with Crippen molar-refractivity contribution in [3.63, 3.8) is 0 Å². The van der Waals surface area contributed by atoms with Crippen molar-refractivity contribution in [1.29, 1.82) is 0 Å². The monoisotopic (exact) mass is 311 g/mol. The van der Waals surface area contributed by atoms with Crippen molar-refractivity contribution < 1.29 is 9.53 Å². The lowest BCUT2D eigenvalue weighted by molar-refractivity contribution is -0.137. The predicted octanol–water partition coefficient (Wildman–Crippen LogP) is 2.83. The Hall–Kier alpha value is -0.870. The van der Waals surface area contributed by atoms with Crippen molar-refractivity contribution in [2.45, 2.75) is 19.4 Å². The zero-order chi connectivity index (χ0) is 13.0. The van der Waals surface area contributed by atoms with Gasteiger partial charge in [-0.3, -0.25) is 4.79 Å². The number of amides is 1. The van der Waals surface area contributed by atoms with Gasteiger partial charge in [0.1, 0.15) is 0 Å². The first-order chi connectivity index (χ1) is 8.66. The summed E-state index contributed by atoms with van der Waals surface area (Å²) in [5.41, 5.74) is 1.15. The Kier molecular flexibility index (Phi) is 4.78. The van der Waals surface area contributed by atoms with Crippen LogP contribution in [0.15, 0.2) is 28.7 Å². The summed E-state index contributed by atoms with van der Waals surface area (Å²) in [5.74, 6) is 0.375. The molecule has 3 nitrogen and oxygen atoms in total. The minimum Gasteiger partial charge on any atom is -0.381 e. The lowest BCUT2D eigenvalue weighted by Gasteiger charge is -2.26. The van der Waals surface area contributed by atoms with Gasteiger partial charge in [0, 0.05) is 37.2 Å². The number of rotatable bonds is 3. The molecule has 1 aromatic carbocycles. The highest BCUT2D eigenvalue weighted by Gasteiger charge is 2.24. The summed E-state index contributed by atoms with van der Waals surface area (Å²) in [4.78, 5) is 14.0. The Morgan fingerprint density at radius 1 is 1.33 bits per heavy atom. The predicted molar refractivity (Wildman–Crippen MR) is 74.2 cm³/mol. The summed E-state index contributed by atoms with van der Waals surface area (Å²) in [6.45, 7) is 2.09. The van der Waals surface area contributed by atoms with E-state index in [0.717, 1.165) is 22.9 Å². The summed E-state index contributed by atoms with van der Waals surface area (Å²) < 4.78 is 6.34.